The van der Waals surface area contributed by atoms with Crippen LogP contribution in [0.3, 0.4) is 0 Å². The van der Waals surface area contributed by atoms with Crippen molar-refractivity contribution >= 4 is 5.97 Å². The first-order valence-corrected chi connectivity index (χ1v) is 8.11. The van der Waals surface area contributed by atoms with Gasteiger partial charge in [0.1, 0.15) is 5.75 Å². The molecule has 1 heterocycles. The molecule has 1 aromatic rings. The van der Waals surface area contributed by atoms with Crippen LogP contribution in [-0.2, 0) is 17.6 Å². The van der Waals surface area contributed by atoms with E-state index in [9.17, 15) is 9.90 Å². The van der Waals surface area contributed by atoms with Gasteiger partial charge in [-0.2, -0.15) is 0 Å². The number of benzene rings is 1. The van der Waals surface area contributed by atoms with Crippen molar-refractivity contribution in [3.63, 3.8) is 0 Å². The van der Waals surface area contributed by atoms with Crippen molar-refractivity contribution in [3.8, 4) is 5.75 Å². The van der Waals surface area contributed by atoms with Crippen molar-refractivity contribution in [2.75, 3.05) is 6.61 Å². The van der Waals surface area contributed by atoms with Crippen molar-refractivity contribution in [1.82, 2.24) is 0 Å². The third-order valence-corrected chi connectivity index (χ3v) is 5.12. The lowest BCUT2D eigenvalue weighted by Crippen LogP contribution is -2.30. The van der Waals surface area contributed by atoms with Crippen molar-refractivity contribution in [2.45, 2.75) is 45.4 Å². The lowest BCUT2D eigenvalue weighted by atomic mass is 9.72. The lowest BCUT2D eigenvalue weighted by molar-refractivity contribution is -0.145. The predicted molar refractivity (Wildman–Crippen MR) is 81.6 cm³/mol. The Bertz CT molecular complexity index is 523. The van der Waals surface area contributed by atoms with Crippen molar-refractivity contribution in [1.29, 1.82) is 0 Å². The minimum atomic E-state index is -0.603. The van der Waals surface area contributed by atoms with Gasteiger partial charge < -0.3 is 9.84 Å². The molecule has 1 aliphatic carbocycles. The van der Waals surface area contributed by atoms with Crippen molar-refractivity contribution in [2.24, 2.45) is 17.8 Å². The number of carboxylic acids is 1. The highest BCUT2D eigenvalue weighted by Crippen LogP contribution is 2.37. The third kappa shape index (κ3) is 3.22. The summed E-state index contributed by atoms with van der Waals surface area (Å²) in [6, 6.07) is 6.44. The normalized spacial score (nSPS) is 28.0. The molecule has 114 valence electrons. The summed E-state index contributed by atoms with van der Waals surface area (Å²) in [6.45, 7) is 3.04. The Hall–Kier alpha value is -1.51. The van der Waals surface area contributed by atoms with Crippen molar-refractivity contribution < 1.29 is 14.6 Å². The standard InChI is InChI=1S/C18H24O3/c1-12-2-6-16(18(19)20)14(10-12)5-3-13-4-7-17-15(11-13)8-9-21-17/h4,7,11-12,14,16H,2-3,5-6,8-10H2,1H3,(H,19,20). The SMILES string of the molecule is CC1CCC(C(=O)O)C(CCc2ccc3c(c2)CCO3)C1. The van der Waals surface area contributed by atoms with E-state index in [0.717, 1.165) is 50.9 Å². The molecule has 2 aliphatic rings. The Balaban J connectivity index is 1.63. The molecule has 0 bridgehead atoms. The highest BCUT2D eigenvalue weighted by molar-refractivity contribution is 5.70. The van der Waals surface area contributed by atoms with Gasteiger partial charge >= 0.3 is 5.97 Å². The smallest absolute Gasteiger partial charge is 0.306 e. The van der Waals surface area contributed by atoms with Gasteiger partial charge in [-0.3, -0.25) is 4.79 Å². The predicted octanol–water partition coefficient (Wildman–Crippen LogP) is 3.69. The number of fused-ring (bicyclic) bond motifs is 1. The number of rotatable bonds is 4. The fraction of sp³-hybridized carbons (Fsp3) is 0.611. The molecule has 3 heteroatoms. The summed E-state index contributed by atoms with van der Waals surface area (Å²) in [5.74, 6) is 1.27. The van der Waals surface area contributed by atoms with Crippen LogP contribution >= 0.6 is 0 Å². The van der Waals surface area contributed by atoms with Gasteiger partial charge in [-0.15, -0.1) is 0 Å². The first-order valence-electron chi connectivity index (χ1n) is 8.11. The Morgan fingerprint density at radius 2 is 2.24 bits per heavy atom. The number of hydrogen-bond donors (Lipinski definition) is 1. The van der Waals surface area contributed by atoms with E-state index in [2.05, 4.69) is 25.1 Å². The minimum absolute atomic E-state index is 0.140. The zero-order chi connectivity index (χ0) is 14.8. The summed E-state index contributed by atoms with van der Waals surface area (Å²) in [5.41, 5.74) is 2.63. The molecule has 1 aliphatic heterocycles. The van der Waals surface area contributed by atoms with Gasteiger partial charge in [0.25, 0.3) is 0 Å². The monoisotopic (exact) mass is 288 g/mol. The average Bonchev–Trinajstić information content (AvgIpc) is 2.92. The van der Waals surface area contributed by atoms with Crippen LogP contribution in [0.2, 0.25) is 0 Å². The van der Waals surface area contributed by atoms with Crippen molar-refractivity contribution in [3.05, 3.63) is 29.3 Å². The Labute approximate surface area is 126 Å². The molecule has 1 fully saturated rings. The Morgan fingerprint density at radius 1 is 1.38 bits per heavy atom. The second-order valence-electron chi connectivity index (χ2n) is 6.70. The van der Waals surface area contributed by atoms with E-state index in [-0.39, 0.29) is 5.92 Å². The molecule has 0 amide bonds. The van der Waals surface area contributed by atoms with Crippen LogP contribution in [0.4, 0.5) is 0 Å². The lowest BCUT2D eigenvalue weighted by Gasteiger charge is -2.32. The van der Waals surface area contributed by atoms with Crippen LogP contribution in [0.1, 0.15) is 43.7 Å². The van der Waals surface area contributed by atoms with E-state index in [4.69, 9.17) is 4.74 Å². The second kappa shape index (κ2) is 6.08. The van der Waals surface area contributed by atoms with Gasteiger partial charge in [0.05, 0.1) is 12.5 Å². The van der Waals surface area contributed by atoms with Gasteiger partial charge in [-0.25, -0.2) is 0 Å². The molecule has 1 saturated carbocycles. The van der Waals surface area contributed by atoms with Crippen LogP contribution in [0, 0.1) is 17.8 Å². The number of carbonyl (C=O) groups is 1. The first kappa shape index (κ1) is 14.4. The van der Waals surface area contributed by atoms with E-state index >= 15 is 0 Å². The summed E-state index contributed by atoms with van der Waals surface area (Å²) >= 11 is 0. The maximum Gasteiger partial charge on any atom is 0.306 e. The van der Waals surface area contributed by atoms with Gasteiger partial charge in [-0.05, 0) is 61.1 Å². The van der Waals surface area contributed by atoms with E-state index in [1.54, 1.807) is 0 Å². The molecule has 0 spiro atoms. The Morgan fingerprint density at radius 3 is 3.05 bits per heavy atom. The number of carboxylic acid groups (broad SMARTS) is 1. The van der Waals surface area contributed by atoms with Crippen LogP contribution in [0.25, 0.3) is 0 Å². The number of ether oxygens (including phenoxy) is 1. The van der Waals surface area contributed by atoms with Crippen LogP contribution < -0.4 is 4.74 Å². The largest absolute Gasteiger partial charge is 0.493 e. The molecule has 0 radical (unpaired) electrons. The zero-order valence-electron chi connectivity index (χ0n) is 12.7. The molecular formula is C18H24O3. The molecule has 3 rings (SSSR count). The Kier molecular flexibility index (Phi) is 4.18. The van der Waals surface area contributed by atoms with E-state index < -0.39 is 5.97 Å². The third-order valence-electron chi connectivity index (χ3n) is 5.12. The van der Waals surface area contributed by atoms with Gasteiger partial charge in [0, 0.05) is 6.42 Å². The number of aliphatic carboxylic acids is 1. The molecule has 0 saturated heterocycles. The molecule has 1 N–H and O–H groups in total. The average molecular weight is 288 g/mol. The van der Waals surface area contributed by atoms with E-state index in [1.807, 2.05) is 0 Å². The van der Waals surface area contributed by atoms with Gasteiger partial charge in [0.15, 0.2) is 0 Å². The molecule has 21 heavy (non-hydrogen) atoms. The molecular weight excluding hydrogens is 264 g/mol. The zero-order valence-corrected chi connectivity index (χ0v) is 12.7. The summed E-state index contributed by atoms with van der Waals surface area (Å²) in [5, 5.41) is 9.40. The fourth-order valence-electron chi connectivity index (χ4n) is 3.89. The van der Waals surface area contributed by atoms with Gasteiger partial charge in [-0.1, -0.05) is 19.1 Å². The summed E-state index contributed by atoms with van der Waals surface area (Å²) in [4.78, 5) is 11.4. The topological polar surface area (TPSA) is 46.5 Å². The summed E-state index contributed by atoms with van der Waals surface area (Å²) in [7, 11) is 0. The molecule has 3 atom stereocenters. The van der Waals surface area contributed by atoms with Crippen LogP contribution in [0.5, 0.6) is 5.75 Å². The second-order valence-corrected chi connectivity index (χ2v) is 6.70. The summed E-state index contributed by atoms with van der Waals surface area (Å²) in [6.07, 6.45) is 5.94. The highest BCUT2D eigenvalue weighted by atomic mass is 16.5. The minimum Gasteiger partial charge on any atom is -0.493 e. The maximum absolute atomic E-state index is 11.4. The summed E-state index contributed by atoms with van der Waals surface area (Å²) < 4.78 is 5.53. The highest BCUT2D eigenvalue weighted by Gasteiger charge is 2.33. The van der Waals surface area contributed by atoms with E-state index in [1.165, 1.54) is 11.1 Å². The van der Waals surface area contributed by atoms with E-state index in [0.29, 0.717) is 11.8 Å². The maximum atomic E-state index is 11.4. The molecule has 3 nitrogen and oxygen atoms in total. The number of hydrogen-bond acceptors (Lipinski definition) is 2. The first-order chi connectivity index (χ1) is 10.1. The number of aryl methyl sites for hydroxylation is 1. The molecule has 3 unspecified atom stereocenters. The molecule has 1 aromatic carbocycles. The van der Waals surface area contributed by atoms with Crippen LogP contribution in [-0.4, -0.2) is 17.7 Å². The van der Waals surface area contributed by atoms with Gasteiger partial charge in [0.2, 0.25) is 0 Å². The van der Waals surface area contributed by atoms with Crippen LogP contribution in [0.15, 0.2) is 18.2 Å². The quantitative estimate of drug-likeness (QED) is 0.919. The fourth-order valence-corrected chi connectivity index (χ4v) is 3.89. The molecule has 0 aromatic heterocycles.